The number of rotatable bonds is 3. The SMILES string of the molecule is CCNC(=O)N1CCC[C@@H](C(=O)OCC)C1. The molecule has 1 fully saturated rings. The lowest BCUT2D eigenvalue weighted by atomic mass is 9.98. The second-order valence-corrected chi connectivity index (χ2v) is 3.87. The molecule has 2 amide bonds. The number of amides is 2. The van der Waals surface area contributed by atoms with E-state index in [4.69, 9.17) is 4.74 Å². The molecule has 1 rings (SSSR count). The molecule has 0 unspecified atom stereocenters. The van der Waals surface area contributed by atoms with Gasteiger partial charge in [0.1, 0.15) is 0 Å². The summed E-state index contributed by atoms with van der Waals surface area (Å²) in [6.45, 7) is 5.88. The van der Waals surface area contributed by atoms with Gasteiger partial charge in [0, 0.05) is 19.6 Å². The van der Waals surface area contributed by atoms with Crippen LogP contribution >= 0.6 is 0 Å². The van der Waals surface area contributed by atoms with E-state index in [1.165, 1.54) is 0 Å². The molecule has 0 saturated carbocycles. The molecule has 0 bridgehead atoms. The molecule has 16 heavy (non-hydrogen) atoms. The van der Waals surface area contributed by atoms with Crippen LogP contribution in [0, 0.1) is 5.92 Å². The van der Waals surface area contributed by atoms with Gasteiger partial charge in [-0.15, -0.1) is 0 Å². The third kappa shape index (κ3) is 3.40. The Morgan fingerprint density at radius 1 is 1.44 bits per heavy atom. The molecule has 0 spiro atoms. The number of piperidine rings is 1. The zero-order valence-electron chi connectivity index (χ0n) is 9.99. The number of carbonyl (C=O) groups excluding carboxylic acids is 2. The first-order chi connectivity index (χ1) is 7.69. The molecule has 1 N–H and O–H groups in total. The molecular weight excluding hydrogens is 208 g/mol. The van der Waals surface area contributed by atoms with Gasteiger partial charge in [-0.2, -0.15) is 0 Å². The Balaban J connectivity index is 2.46. The predicted molar refractivity (Wildman–Crippen MR) is 60.0 cm³/mol. The van der Waals surface area contributed by atoms with Gasteiger partial charge in [-0.05, 0) is 26.7 Å². The average molecular weight is 228 g/mol. The van der Waals surface area contributed by atoms with Crippen molar-refractivity contribution in [2.24, 2.45) is 5.92 Å². The second-order valence-electron chi connectivity index (χ2n) is 3.87. The molecule has 0 radical (unpaired) electrons. The molecule has 1 aliphatic heterocycles. The summed E-state index contributed by atoms with van der Waals surface area (Å²) in [5.41, 5.74) is 0. The number of ether oxygens (including phenoxy) is 1. The van der Waals surface area contributed by atoms with Crippen molar-refractivity contribution in [2.75, 3.05) is 26.2 Å². The van der Waals surface area contributed by atoms with Gasteiger partial charge < -0.3 is 15.0 Å². The topological polar surface area (TPSA) is 58.6 Å². The highest BCUT2D eigenvalue weighted by Gasteiger charge is 2.28. The highest BCUT2D eigenvalue weighted by Crippen LogP contribution is 2.17. The van der Waals surface area contributed by atoms with Crippen LogP contribution in [0.3, 0.4) is 0 Å². The van der Waals surface area contributed by atoms with Crippen LogP contribution in [0.5, 0.6) is 0 Å². The smallest absolute Gasteiger partial charge is 0.317 e. The summed E-state index contributed by atoms with van der Waals surface area (Å²) in [5.74, 6) is -0.340. The summed E-state index contributed by atoms with van der Waals surface area (Å²) < 4.78 is 4.97. The zero-order valence-corrected chi connectivity index (χ0v) is 9.99. The van der Waals surface area contributed by atoms with Crippen molar-refractivity contribution < 1.29 is 14.3 Å². The molecular formula is C11H20N2O3. The van der Waals surface area contributed by atoms with E-state index in [1.54, 1.807) is 11.8 Å². The molecule has 1 saturated heterocycles. The molecule has 1 atom stereocenters. The summed E-state index contributed by atoms with van der Waals surface area (Å²) in [7, 11) is 0. The van der Waals surface area contributed by atoms with E-state index in [9.17, 15) is 9.59 Å². The number of nitrogens with one attached hydrogen (secondary N) is 1. The van der Waals surface area contributed by atoms with Crippen molar-refractivity contribution in [2.45, 2.75) is 26.7 Å². The summed E-state index contributed by atoms with van der Waals surface area (Å²) in [5, 5.41) is 2.74. The normalized spacial score (nSPS) is 20.4. The third-order valence-corrected chi connectivity index (χ3v) is 2.66. The molecule has 0 aliphatic carbocycles. The fourth-order valence-corrected chi connectivity index (χ4v) is 1.88. The number of hydrogen-bond donors (Lipinski definition) is 1. The van der Waals surface area contributed by atoms with E-state index in [-0.39, 0.29) is 17.9 Å². The minimum Gasteiger partial charge on any atom is -0.466 e. The van der Waals surface area contributed by atoms with Gasteiger partial charge in [0.15, 0.2) is 0 Å². The molecule has 0 aromatic rings. The predicted octanol–water partition coefficient (Wildman–Crippen LogP) is 0.991. The second kappa shape index (κ2) is 6.35. The van der Waals surface area contributed by atoms with Gasteiger partial charge in [-0.1, -0.05) is 0 Å². The summed E-state index contributed by atoms with van der Waals surface area (Å²) >= 11 is 0. The van der Waals surface area contributed by atoms with Gasteiger partial charge in [-0.25, -0.2) is 4.79 Å². The number of carbonyl (C=O) groups is 2. The minimum atomic E-state index is -0.184. The lowest BCUT2D eigenvalue weighted by Gasteiger charge is -2.31. The Morgan fingerprint density at radius 3 is 2.81 bits per heavy atom. The lowest BCUT2D eigenvalue weighted by Crippen LogP contribution is -2.47. The molecule has 0 aromatic carbocycles. The van der Waals surface area contributed by atoms with Gasteiger partial charge in [0.25, 0.3) is 0 Å². The highest BCUT2D eigenvalue weighted by molar-refractivity contribution is 5.77. The van der Waals surface area contributed by atoms with Gasteiger partial charge in [0.05, 0.1) is 12.5 Å². The Hall–Kier alpha value is -1.26. The first-order valence-electron chi connectivity index (χ1n) is 5.88. The van der Waals surface area contributed by atoms with Crippen LogP contribution in [0.1, 0.15) is 26.7 Å². The largest absolute Gasteiger partial charge is 0.466 e. The first-order valence-corrected chi connectivity index (χ1v) is 5.88. The van der Waals surface area contributed by atoms with Crippen LogP contribution < -0.4 is 5.32 Å². The fourth-order valence-electron chi connectivity index (χ4n) is 1.88. The van der Waals surface area contributed by atoms with Crippen LogP contribution in [0.2, 0.25) is 0 Å². The van der Waals surface area contributed by atoms with Crippen molar-refractivity contribution >= 4 is 12.0 Å². The van der Waals surface area contributed by atoms with Crippen molar-refractivity contribution in [3.8, 4) is 0 Å². The van der Waals surface area contributed by atoms with Crippen LogP contribution in [0.15, 0.2) is 0 Å². The fraction of sp³-hybridized carbons (Fsp3) is 0.818. The highest BCUT2D eigenvalue weighted by atomic mass is 16.5. The molecule has 92 valence electrons. The van der Waals surface area contributed by atoms with E-state index < -0.39 is 0 Å². The third-order valence-electron chi connectivity index (χ3n) is 2.66. The quantitative estimate of drug-likeness (QED) is 0.733. The standard InChI is InChI=1S/C11H20N2O3/c1-3-12-11(15)13-7-5-6-9(8-13)10(14)16-4-2/h9H,3-8H2,1-2H3,(H,12,15)/t9-/m1/s1. The Kier molecular flexibility index (Phi) is 5.08. The van der Waals surface area contributed by atoms with Crippen molar-refractivity contribution in [3.05, 3.63) is 0 Å². The van der Waals surface area contributed by atoms with Gasteiger partial charge >= 0.3 is 12.0 Å². The molecule has 1 aliphatic rings. The van der Waals surface area contributed by atoms with Gasteiger partial charge in [0.2, 0.25) is 0 Å². The molecule has 1 heterocycles. The molecule has 0 aromatic heterocycles. The summed E-state index contributed by atoms with van der Waals surface area (Å²) in [6.07, 6.45) is 1.68. The van der Waals surface area contributed by atoms with E-state index in [1.807, 2.05) is 6.92 Å². The van der Waals surface area contributed by atoms with E-state index in [0.29, 0.717) is 19.7 Å². The maximum absolute atomic E-state index is 11.6. The van der Waals surface area contributed by atoms with Crippen molar-refractivity contribution in [1.29, 1.82) is 0 Å². The first kappa shape index (κ1) is 12.8. The zero-order chi connectivity index (χ0) is 12.0. The van der Waals surface area contributed by atoms with Crippen molar-refractivity contribution in [3.63, 3.8) is 0 Å². The molecule has 5 nitrogen and oxygen atoms in total. The number of urea groups is 1. The Morgan fingerprint density at radius 2 is 2.19 bits per heavy atom. The van der Waals surface area contributed by atoms with Crippen LogP contribution in [0.25, 0.3) is 0 Å². The summed E-state index contributed by atoms with van der Waals surface area (Å²) in [4.78, 5) is 24.8. The van der Waals surface area contributed by atoms with E-state index in [2.05, 4.69) is 5.32 Å². The van der Waals surface area contributed by atoms with Crippen molar-refractivity contribution in [1.82, 2.24) is 10.2 Å². The summed E-state index contributed by atoms with van der Waals surface area (Å²) in [6, 6.07) is -0.0866. The Labute approximate surface area is 96.1 Å². The van der Waals surface area contributed by atoms with Gasteiger partial charge in [-0.3, -0.25) is 4.79 Å². The average Bonchev–Trinajstić information content (AvgIpc) is 2.30. The van der Waals surface area contributed by atoms with E-state index in [0.717, 1.165) is 19.4 Å². The number of esters is 1. The number of hydrogen-bond acceptors (Lipinski definition) is 3. The van der Waals surface area contributed by atoms with E-state index >= 15 is 0 Å². The van der Waals surface area contributed by atoms with Crippen LogP contribution in [0.4, 0.5) is 4.79 Å². The molecule has 5 heteroatoms. The number of nitrogens with zero attached hydrogens (tertiary/aromatic N) is 1. The van der Waals surface area contributed by atoms with Crippen LogP contribution in [-0.2, 0) is 9.53 Å². The maximum atomic E-state index is 11.6. The Bertz CT molecular complexity index is 232. The maximum Gasteiger partial charge on any atom is 0.317 e. The minimum absolute atomic E-state index is 0.0866. The lowest BCUT2D eigenvalue weighted by molar-refractivity contribution is -0.149. The monoisotopic (exact) mass is 228 g/mol. The van der Waals surface area contributed by atoms with Crippen LogP contribution in [-0.4, -0.2) is 43.1 Å². The number of likely N-dealkylation sites (tertiary alicyclic amines) is 1.